The molecule has 2 aromatic carbocycles. The lowest BCUT2D eigenvalue weighted by Crippen LogP contribution is -2.31. The molecule has 0 aromatic heterocycles. The zero-order valence-corrected chi connectivity index (χ0v) is 13.1. The van der Waals surface area contributed by atoms with E-state index in [1.165, 1.54) is 5.57 Å². The van der Waals surface area contributed by atoms with Gasteiger partial charge in [0.1, 0.15) is 0 Å². The maximum atomic E-state index is 12.4. The van der Waals surface area contributed by atoms with E-state index >= 15 is 0 Å². The van der Waals surface area contributed by atoms with Gasteiger partial charge in [-0.05, 0) is 56.7 Å². The smallest absolute Gasteiger partial charge is 0.255 e. The Morgan fingerprint density at radius 2 is 1.82 bits per heavy atom. The number of para-hydroxylation sites is 1. The van der Waals surface area contributed by atoms with Gasteiger partial charge in [0, 0.05) is 22.5 Å². The number of fused-ring (bicyclic) bond motifs is 1. The fourth-order valence-electron chi connectivity index (χ4n) is 2.85. The second-order valence-electron chi connectivity index (χ2n) is 6.25. The van der Waals surface area contributed by atoms with Crippen LogP contribution in [0.4, 0.5) is 11.4 Å². The molecule has 0 atom stereocenters. The molecular weight excluding hydrogens is 272 g/mol. The fourth-order valence-corrected chi connectivity index (χ4v) is 2.85. The Labute approximate surface area is 131 Å². The highest BCUT2D eigenvalue weighted by molar-refractivity contribution is 6.05. The van der Waals surface area contributed by atoms with E-state index in [1.54, 1.807) is 0 Å². The van der Waals surface area contributed by atoms with Gasteiger partial charge in [-0.1, -0.05) is 24.3 Å². The van der Waals surface area contributed by atoms with Gasteiger partial charge in [0.15, 0.2) is 0 Å². The molecule has 0 saturated carbocycles. The van der Waals surface area contributed by atoms with E-state index in [0.717, 1.165) is 16.9 Å². The lowest BCUT2D eigenvalue weighted by molar-refractivity contribution is 0.102. The van der Waals surface area contributed by atoms with E-state index in [1.807, 2.05) is 48.5 Å². The predicted molar refractivity (Wildman–Crippen MR) is 92.2 cm³/mol. The molecule has 1 amide bonds. The number of anilines is 2. The molecular formula is C19H20N2O. The van der Waals surface area contributed by atoms with E-state index in [4.69, 9.17) is 0 Å². The standard InChI is InChI=1S/C19H20N2O/c1-13-12-19(2,3)21-17-10-9-14(11-16(13)17)18(22)20-15-7-5-4-6-8-15/h4-12,21H,1-3H3,(H,20,22). The predicted octanol–water partition coefficient (Wildman–Crippen LogP) is 4.55. The average Bonchev–Trinajstić information content (AvgIpc) is 2.46. The summed E-state index contributed by atoms with van der Waals surface area (Å²) in [6, 6.07) is 15.3. The van der Waals surface area contributed by atoms with Crippen molar-refractivity contribution in [1.29, 1.82) is 0 Å². The Bertz CT molecular complexity index is 745. The van der Waals surface area contributed by atoms with Crippen molar-refractivity contribution in [2.45, 2.75) is 26.3 Å². The van der Waals surface area contributed by atoms with Crippen LogP contribution in [-0.4, -0.2) is 11.4 Å². The summed E-state index contributed by atoms with van der Waals surface area (Å²) in [7, 11) is 0. The number of allylic oxidation sites excluding steroid dienone is 1. The third-order valence-corrected chi connectivity index (χ3v) is 3.77. The Balaban J connectivity index is 1.88. The zero-order chi connectivity index (χ0) is 15.7. The Kier molecular flexibility index (Phi) is 3.49. The van der Waals surface area contributed by atoms with E-state index in [2.05, 4.69) is 37.5 Å². The van der Waals surface area contributed by atoms with Gasteiger partial charge in [-0.3, -0.25) is 4.79 Å². The molecule has 0 saturated heterocycles. The first-order chi connectivity index (χ1) is 10.4. The van der Waals surface area contributed by atoms with Gasteiger partial charge in [0.2, 0.25) is 0 Å². The molecule has 0 radical (unpaired) electrons. The molecule has 112 valence electrons. The summed E-state index contributed by atoms with van der Waals surface area (Å²) in [4.78, 5) is 12.4. The molecule has 0 aliphatic carbocycles. The third kappa shape index (κ3) is 2.89. The minimum absolute atomic E-state index is 0.0646. The SMILES string of the molecule is CC1=CC(C)(C)Nc2ccc(C(=O)Nc3ccccc3)cc21. The first-order valence-electron chi connectivity index (χ1n) is 7.43. The van der Waals surface area contributed by atoms with Crippen LogP contribution < -0.4 is 10.6 Å². The number of amides is 1. The maximum Gasteiger partial charge on any atom is 0.255 e. The first kappa shape index (κ1) is 14.4. The van der Waals surface area contributed by atoms with Crippen LogP contribution in [-0.2, 0) is 0 Å². The number of benzene rings is 2. The van der Waals surface area contributed by atoms with Gasteiger partial charge < -0.3 is 10.6 Å². The van der Waals surface area contributed by atoms with Crippen molar-refractivity contribution in [2.75, 3.05) is 10.6 Å². The molecule has 0 unspecified atom stereocenters. The minimum atomic E-state index is -0.0911. The van der Waals surface area contributed by atoms with Crippen molar-refractivity contribution in [3.8, 4) is 0 Å². The second-order valence-corrected chi connectivity index (χ2v) is 6.25. The summed E-state index contributed by atoms with van der Waals surface area (Å²) in [5.74, 6) is -0.0911. The number of carbonyl (C=O) groups excluding carboxylic acids is 1. The summed E-state index contributed by atoms with van der Waals surface area (Å²) in [5, 5.41) is 6.39. The van der Waals surface area contributed by atoms with E-state index < -0.39 is 0 Å². The Morgan fingerprint density at radius 3 is 2.55 bits per heavy atom. The first-order valence-corrected chi connectivity index (χ1v) is 7.43. The van der Waals surface area contributed by atoms with Crippen molar-refractivity contribution in [3.63, 3.8) is 0 Å². The molecule has 2 aromatic rings. The highest BCUT2D eigenvalue weighted by Crippen LogP contribution is 2.34. The van der Waals surface area contributed by atoms with Crippen LogP contribution in [0.3, 0.4) is 0 Å². The van der Waals surface area contributed by atoms with Crippen molar-refractivity contribution in [2.24, 2.45) is 0 Å². The molecule has 3 heteroatoms. The van der Waals surface area contributed by atoms with Gasteiger partial charge in [0.25, 0.3) is 5.91 Å². The van der Waals surface area contributed by atoms with Crippen LogP contribution in [0.5, 0.6) is 0 Å². The van der Waals surface area contributed by atoms with Crippen LogP contribution >= 0.6 is 0 Å². The summed E-state index contributed by atoms with van der Waals surface area (Å²) in [6.45, 7) is 6.35. The minimum Gasteiger partial charge on any atom is -0.376 e. The molecule has 0 spiro atoms. The summed E-state index contributed by atoms with van der Waals surface area (Å²) in [5.41, 5.74) is 4.74. The van der Waals surface area contributed by atoms with Crippen LogP contribution in [0.25, 0.3) is 5.57 Å². The molecule has 22 heavy (non-hydrogen) atoms. The number of hydrogen-bond acceptors (Lipinski definition) is 2. The van der Waals surface area contributed by atoms with Gasteiger partial charge in [-0.2, -0.15) is 0 Å². The second kappa shape index (κ2) is 5.34. The van der Waals surface area contributed by atoms with Gasteiger partial charge >= 0.3 is 0 Å². The normalized spacial score (nSPS) is 15.3. The van der Waals surface area contributed by atoms with Crippen LogP contribution in [0.2, 0.25) is 0 Å². The lowest BCUT2D eigenvalue weighted by Gasteiger charge is -2.31. The fraction of sp³-hybridized carbons (Fsp3) is 0.211. The monoisotopic (exact) mass is 292 g/mol. The molecule has 3 nitrogen and oxygen atoms in total. The van der Waals surface area contributed by atoms with E-state index in [-0.39, 0.29) is 11.4 Å². The molecule has 2 N–H and O–H groups in total. The number of carbonyl (C=O) groups is 1. The topological polar surface area (TPSA) is 41.1 Å². The van der Waals surface area contributed by atoms with Gasteiger partial charge in [0.05, 0.1) is 5.54 Å². The van der Waals surface area contributed by atoms with Crippen LogP contribution in [0, 0.1) is 0 Å². The molecule has 1 aliphatic heterocycles. The lowest BCUT2D eigenvalue weighted by atomic mass is 9.90. The molecule has 1 heterocycles. The number of hydrogen-bond donors (Lipinski definition) is 2. The number of rotatable bonds is 2. The van der Waals surface area contributed by atoms with Crippen molar-refractivity contribution >= 4 is 22.9 Å². The van der Waals surface area contributed by atoms with E-state index in [9.17, 15) is 4.79 Å². The largest absolute Gasteiger partial charge is 0.376 e. The van der Waals surface area contributed by atoms with E-state index in [0.29, 0.717) is 5.56 Å². The Morgan fingerprint density at radius 1 is 1.09 bits per heavy atom. The zero-order valence-electron chi connectivity index (χ0n) is 13.1. The third-order valence-electron chi connectivity index (χ3n) is 3.77. The highest BCUT2D eigenvalue weighted by atomic mass is 16.1. The van der Waals surface area contributed by atoms with Crippen LogP contribution in [0.15, 0.2) is 54.6 Å². The summed E-state index contributed by atoms with van der Waals surface area (Å²) >= 11 is 0. The van der Waals surface area contributed by atoms with Crippen molar-refractivity contribution in [1.82, 2.24) is 0 Å². The molecule has 1 aliphatic rings. The van der Waals surface area contributed by atoms with Crippen LogP contribution in [0.1, 0.15) is 36.7 Å². The van der Waals surface area contributed by atoms with Crippen molar-refractivity contribution < 1.29 is 4.79 Å². The maximum absolute atomic E-state index is 12.4. The quantitative estimate of drug-likeness (QED) is 0.852. The summed E-state index contributed by atoms with van der Waals surface area (Å²) in [6.07, 6.45) is 2.19. The molecule has 0 bridgehead atoms. The molecule has 0 fully saturated rings. The van der Waals surface area contributed by atoms with Gasteiger partial charge in [-0.15, -0.1) is 0 Å². The Hall–Kier alpha value is -2.55. The number of nitrogens with one attached hydrogen (secondary N) is 2. The summed E-state index contributed by atoms with van der Waals surface area (Å²) < 4.78 is 0. The average molecular weight is 292 g/mol. The highest BCUT2D eigenvalue weighted by Gasteiger charge is 2.23. The van der Waals surface area contributed by atoms with Gasteiger partial charge in [-0.25, -0.2) is 0 Å². The molecule has 3 rings (SSSR count). The van der Waals surface area contributed by atoms with Crippen molar-refractivity contribution in [3.05, 3.63) is 65.7 Å².